The minimum Gasteiger partial charge on any atom is -0.309 e. The van der Waals surface area contributed by atoms with Crippen LogP contribution in [0.2, 0.25) is 5.02 Å². The number of halogens is 1. The van der Waals surface area contributed by atoms with Gasteiger partial charge in [-0.2, -0.15) is 5.10 Å². The minimum absolute atomic E-state index is 0.442. The van der Waals surface area contributed by atoms with Crippen LogP contribution in [-0.2, 0) is 19.6 Å². The van der Waals surface area contributed by atoms with Crippen molar-refractivity contribution in [3.8, 4) is 0 Å². The first-order valence-electron chi connectivity index (χ1n) is 6.79. The molecule has 0 saturated heterocycles. The molecule has 1 N–H and O–H groups in total. The molecule has 0 aromatic carbocycles. The van der Waals surface area contributed by atoms with E-state index in [0.717, 1.165) is 41.7 Å². The standard InChI is InChI=1S/C13H21ClN6/c1-9(2)15-7-12-8-19(18-16-12)5-6-20-11(4)13(14)10(3)17-20/h8-9,15H,5-7H2,1-4H3. The Hall–Kier alpha value is -1.40. The Morgan fingerprint density at radius 3 is 2.65 bits per heavy atom. The monoisotopic (exact) mass is 296 g/mol. The van der Waals surface area contributed by atoms with Crippen LogP contribution in [0.15, 0.2) is 6.20 Å². The van der Waals surface area contributed by atoms with Crippen molar-refractivity contribution in [1.29, 1.82) is 0 Å². The molecule has 0 aliphatic rings. The molecule has 0 aliphatic carbocycles. The lowest BCUT2D eigenvalue weighted by Gasteiger charge is -2.05. The van der Waals surface area contributed by atoms with Crippen LogP contribution >= 0.6 is 11.6 Å². The van der Waals surface area contributed by atoms with E-state index in [-0.39, 0.29) is 0 Å². The average Bonchev–Trinajstić information content (AvgIpc) is 2.95. The lowest BCUT2D eigenvalue weighted by atomic mass is 10.3. The summed E-state index contributed by atoms with van der Waals surface area (Å²) in [6.07, 6.45) is 1.96. The van der Waals surface area contributed by atoms with Crippen LogP contribution in [0.25, 0.3) is 0 Å². The van der Waals surface area contributed by atoms with E-state index >= 15 is 0 Å². The third kappa shape index (κ3) is 3.58. The Kier molecular flexibility index (Phi) is 4.77. The van der Waals surface area contributed by atoms with Crippen molar-refractivity contribution >= 4 is 11.6 Å². The Labute approximate surface area is 124 Å². The van der Waals surface area contributed by atoms with Crippen molar-refractivity contribution < 1.29 is 0 Å². The SMILES string of the molecule is Cc1nn(CCn2cc(CNC(C)C)nn2)c(C)c1Cl. The van der Waals surface area contributed by atoms with Gasteiger partial charge in [0.1, 0.15) is 0 Å². The maximum absolute atomic E-state index is 6.13. The Morgan fingerprint density at radius 1 is 1.30 bits per heavy atom. The van der Waals surface area contributed by atoms with Crippen LogP contribution in [0, 0.1) is 13.8 Å². The molecule has 0 aliphatic heterocycles. The van der Waals surface area contributed by atoms with E-state index in [0.29, 0.717) is 6.04 Å². The fourth-order valence-electron chi connectivity index (χ4n) is 1.93. The van der Waals surface area contributed by atoms with Gasteiger partial charge < -0.3 is 5.32 Å². The highest BCUT2D eigenvalue weighted by atomic mass is 35.5. The molecule has 0 fully saturated rings. The zero-order valence-corrected chi connectivity index (χ0v) is 13.1. The maximum atomic E-state index is 6.13. The molecule has 0 saturated carbocycles. The van der Waals surface area contributed by atoms with E-state index in [4.69, 9.17) is 11.6 Å². The fraction of sp³-hybridized carbons (Fsp3) is 0.615. The van der Waals surface area contributed by atoms with Crippen LogP contribution in [0.3, 0.4) is 0 Å². The van der Waals surface area contributed by atoms with Crippen molar-refractivity contribution in [2.75, 3.05) is 0 Å². The molecule has 0 unspecified atom stereocenters. The molecule has 2 heterocycles. The van der Waals surface area contributed by atoms with Gasteiger partial charge in [-0.15, -0.1) is 5.10 Å². The summed E-state index contributed by atoms with van der Waals surface area (Å²) in [6, 6.07) is 0.442. The number of nitrogens with zero attached hydrogens (tertiary/aromatic N) is 5. The van der Waals surface area contributed by atoms with E-state index in [2.05, 4.69) is 34.6 Å². The van der Waals surface area contributed by atoms with Crippen LogP contribution in [0.4, 0.5) is 0 Å². The number of aryl methyl sites for hydroxylation is 3. The molecule has 6 nitrogen and oxygen atoms in total. The van der Waals surface area contributed by atoms with E-state index in [1.54, 1.807) is 0 Å². The largest absolute Gasteiger partial charge is 0.309 e. The molecule has 2 rings (SSSR count). The molecule has 0 spiro atoms. The van der Waals surface area contributed by atoms with Gasteiger partial charge in [0.2, 0.25) is 0 Å². The zero-order chi connectivity index (χ0) is 14.7. The van der Waals surface area contributed by atoms with Gasteiger partial charge in [-0.3, -0.25) is 9.36 Å². The van der Waals surface area contributed by atoms with Crippen molar-refractivity contribution in [2.24, 2.45) is 0 Å². The predicted molar refractivity (Wildman–Crippen MR) is 78.7 cm³/mol. The highest BCUT2D eigenvalue weighted by Crippen LogP contribution is 2.18. The molecule has 2 aromatic heterocycles. The van der Waals surface area contributed by atoms with Gasteiger partial charge in [0.25, 0.3) is 0 Å². The smallest absolute Gasteiger partial charge is 0.0964 e. The normalized spacial score (nSPS) is 11.5. The highest BCUT2D eigenvalue weighted by molar-refractivity contribution is 6.31. The molecule has 0 bridgehead atoms. The third-order valence-electron chi connectivity index (χ3n) is 3.11. The molecule has 0 atom stereocenters. The zero-order valence-electron chi connectivity index (χ0n) is 12.4. The number of rotatable bonds is 6. The van der Waals surface area contributed by atoms with Gasteiger partial charge in [-0.1, -0.05) is 30.7 Å². The van der Waals surface area contributed by atoms with E-state index in [1.807, 2.05) is 29.4 Å². The van der Waals surface area contributed by atoms with Gasteiger partial charge in [0.05, 0.1) is 35.2 Å². The first-order valence-corrected chi connectivity index (χ1v) is 7.17. The van der Waals surface area contributed by atoms with Crippen LogP contribution in [0.5, 0.6) is 0 Å². The molecule has 20 heavy (non-hydrogen) atoms. The number of nitrogens with one attached hydrogen (secondary N) is 1. The van der Waals surface area contributed by atoms with Crippen LogP contribution in [0.1, 0.15) is 30.9 Å². The highest BCUT2D eigenvalue weighted by Gasteiger charge is 2.09. The van der Waals surface area contributed by atoms with Crippen molar-refractivity contribution in [1.82, 2.24) is 30.1 Å². The fourth-order valence-corrected chi connectivity index (χ4v) is 2.06. The van der Waals surface area contributed by atoms with Crippen molar-refractivity contribution in [3.63, 3.8) is 0 Å². The third-order valence-corrected chi connectivity index (χ3v) is 3.66. The number of hydrogen-bond donors (Lipinski definition) is 1. The van der Waals surface area contributed by atoms with E-state index in [1.165, 1.54) is 0 Å². The Bertz CT molecular complexity index is 571. The summed E-state index contributed by atoms with van der Waals surface area (Å²) in [5.74, 6) is 0. The summed E-state index contributed by atoms with van der Waals surface area (Å²) >= 11 is 6.13. The molecule has 7 heteroatoms. The number of hydrogen-bond acceptors (Lipinski definition) is 4. The van der Waals surface area contributed by atoms with Gasteiger partial charge in [-0.25, -0.2) is 0 Å². The van der Waals surface area contributed by atoms with Crippen LogP contribution < -0.4 is 5.32 Å². The summed E-state index contributed by atoms with van der Waals surface area (Å²) in [7, 11) is 0. The Balaban J connectivity index is 1.92. The lowest BCUT2D eigenvalue weighted by Crippen LogP contribution is -2.21. The average molecular weight is 297 g/mol. The molecular weight excluding hydrogens is 276 g/mol. The van der Waals surface area contributed by atoms with E-state index < -0.39 is 0 Å². The minimum atomic E-state index is 0.442. The van der Waals surface area contributed by atoms with Gasteiger partial charge in [-0.05, 0) is 13.8 Å². The summed E-state index contributed by atoms with van der Waals surface area (Å²) in [6.45, 7) is 10.3. The second-order valence-electron chi connectivity index (χ2n) is 5.22. The second kappa shape index (κ2) is 6.37. The lowest BCUT2D eigenvalue weighted by molar-refractivity contribution is 0.481. The van der Waals surface area contributed by atoms with Crippen molar-refractivity contribution in [3.05, 3.63) is 28.3 Å². The Morgan fingerprint density at radius 2 is 2.05 bits per heavy atom. The first kappa shape index (κ1) is 15.0. The summed E-state index contributed by atoms with van der Waals surface area (Å²) in [5.41, 5.74) is 2.81. The second-order valence-corrected chi connectivity index (χ2v) is 5.59. The van der Waals surface area contributed by atoms with Crippen molar-refractivity contribution in [2.45, 2.75) is 53.4 Å². The van der Waals surface area contributed by atoms with Gasteiger partial charge in [0, 0.05) is 18.8 Å². The molecule has 110 valence electrons. The molecule has 0 amide bonds. The first-order chi connectivity index (χ1) is 9.47. The number of aromatic nitrogens is 5. The molecule has 0 radical (unpaired) electrons. The van der Waals surface area contributed by atoms with E-state index in [9.17, 15) is 0 Å². The predicted octanol–water partition coefficient (Wildman–Crippen LogP) is 1.94. The van der Waals surface area contributed by atoms with Gasteiger partial charge >= 0.3 is 0 Å². The van der Waals surface area contributed by atoms with Gasteiger partial charge in [0.15, 0.2) is 0 Å². The summed E-state index contributed by atoms with van der Waals surface area (Å²) < 4.78 is 3.74. The molecular formula is C13H21ClN6. The van der Waals surface area contributed by atoms with Crippen LogP contribution in [-0.4, -0.2) is 30.8 Å². The maximum Gasteiger partial charge on any atom is 0.0964 e. The summed E-state index contributed by atoms with van der Waals surface area (Å²) in [5, 5.41) is 16.7. The quantitative estimate of drug-likeness (QED) is 0.885. The molecule has 2 aromatic rings. The topological polar surface area (TPSA) is 60.6 Å². The summed E-state index contributed by atoms with van der Waals surface area (Å²) in [4.78, 5) is 0.